The molecule has 0 aromatic carbocycles. The van der Waals surface area contributed by atoms with Crippen LogP contribution in [0.1, 0.15) is 114 Å². The summed E-state index contributed by atoms with van der Waals surface area (Å²) in [5, 5.41) is 4.85. The van der Waals surface area contributed by atoms with Crippen molar-refractivity contribution in [2.75, 3.05) is 4.43 Å². The van der Waals surface area contributed by atoms with Crippen molar-refractivity contribution >= 4 is 52.7 Å². The van der Waals surface area contributed by atoms with Crippen molar-refractivity contribution in [3.63, 3.8) is 0 Å². The number of sulfonamides is 3. The first-order valence-electron chi connectivity index (χ1n) is 12.6. The van der Waals surface area contributed by atoms with Crippen LogP contribution in [0.5, 0.6) is 0 Å². The summed E-state index contributed by atoms with van der Waals surface area (Å²) in [5.41, 5.74) is -0.689. The van der Waals surface area contributed by atoms with Crippen LogP contribution in [0.2, 0.25) is 0 Å². The van der Waals surface area contributed by atoms with Crippen LogP contribution >= 0.6 is 22.6 Å². The molecule has 0 aromatic heterocycles. The number of hydrogen-bond donors (Lipinski definition) is 3. The zero-order chi connectivity index (χ0) is 28.9. The van der Waals surface area contributed by atoms with Gasteiger partial charge in [-0.2, -0.15) is 0 Å². The summed E-state index contributed by atoms with van der Waals surface area (Å²) in [6.45, 7) is 17.1. The molecule has 36 heavy (non-hydrogen) atoms. The average molecular weight is 688 g/mol. The van der Waals surface area contributed by atoms with Gasteiger partial charge in [0.05, 0.1) is 14.7 Å². The molecule has 3 fully saturated rings. The highest BCUT2D eigenvalue weighted by Crippen LogP contribution is 2.46. The minimum absolute atomic E-state index is 0.110. The highest BCUT2D eigenvalue weighted by atomic mass is 127. The van der Waals surface area contributed by atoms with Gasteiger partial charge in [0, 0.05) is 11.1 Å². The Kier molecular flexibility index (Phi) is 13.4. The van der Waals surface area contributed by atoms with Crippen LogP contribution in [0.3, 0.4) is 0 Å². The second-order valence-corrected chi connectivity index (χ2v) is 19.4. The van der Waals surface area contributed by atoms with Gasteiger partial charge in [-0.3, -0.25) is 0 Å². The van der Waals surface area contributed by atoms with Crippen molar-refractivity contribution in [3.8, 4) is 0 Å². The predicted molar refractivity (Wildman–Crippen MR) is 159 cm³/mol. The van der Waals surface area contributed by atoms with E-state index in [-0.39, 0.29) is 16.3 Å². The molecule has 3 rings (SSSR count). The van der Waals surface area contributed by atoms with Gasteiger partial charge in [-0.15, -0.1) is 0 Å². The van der Waals surface area contributed by atoms with Gasteiger partial charge in [-0.25, -0.2) is 39.8 Å². The number of halogens is 1. The van der Waals surface area contributed by atoms with Crippen LogP contribution in [-0.4, -0.2) is 55.5 Å². The molecule has 0 radical (unpaired) electrons. The molecule has 0 bridgehead atoms. The van der Waals surface area contributed by atoms with Gasteiger partial charge in [0.15, 0.2) is 0 Å². The third kappa shape index (κ3) is 12.5. The molecule has 0 spiro atoms. The van der Waals surface area contributed by atoms with Crippen molar-refractivity contribution in [1.29, 1.82) is 0 Å². The van der Waals surface area contributed by atoms with Gasteiger partial charge in [0.2, 0.25) is 30.1 Å². The monoisotopic (exact) mass is 687 g/mol. The number of rotatable bonds is 7. The summed E-state index contributed by atoms with van der Waals surface area (Å²) in [5.74, 6) is 0. The zero-order valence-electron chi connectivity index (χ0n) is 23.6. The molecule has 3 aliphatic carbocycles. The molecule has 0 unspecified atom stereocenters. The summed E-state index contributed by atoms with van der Waals surface area (Å²) in [4.78, 5) is 0. The van der Waals surface area contributed by atoms with E-state index in [4.69, 9.17) is 5.14 Å². The lowest BCUT2D eigenvalue weighted by Crippen LogP contribution is -2.46. The molecule has 218 valence electrons. The molecule has 13 heteroatoms. The smallest absolute Gasteiger partial charge is 0.217 e. The largest absolute Gasteiger partial charge is 0.228 e. The van der Waals surface area contributed by atoms with Gasteiger partial charge < -0.3 is 0 Å². The maximum Gasteiger partial charge on any atom is 0.217 e. The van der Waals surface area contributed by atoms with Crippen molar-refractivity contribution in [3.05, 3.63) is 0 Å². The topological polar surface area (TPSA) is 152 Å². The molecule has 3 aliphatic rings. The summed E-state index contributed by atoms with van der Waals surface area (Å²) in [7, 11) is -9.34. The lowest BCUT2D eigenvalue weighted by molar-refractivity contribution is 0.479. The SMILES string of the molecule is CC(C)(C)NS(=O)(=O)C1CC1.CCC1(S(=O)(=O)NC(C)(C)C)CC1.CCC1(S(N)(=O)=O)CC1.CCI. The summed E-state index contributed by atoms with van der Waals surface area (Å²) in [6, 6.07) is 0. The van der Waals surface area contributed by atoms with Crippen LogP contribution < -0.4 is 14.6 Å². The van der Waals surface area contributed by atoms with Gasteiger partial charge >= 0.3 is 0 Å². The first kappa shape index (κ1) is 36.5. The lowest BCUT2D eigenvalue weighted by atomic mass is 10.1. The first-order valence-corrected chi connectivity index (χ1v) is 18.7. The molecule has 0 atom stereocenters. The van der Waals surface area contributed by atoms with Crippen molar-refractivity contribution in [2.24, 2.45) is 5.14 Å². The molecule has 9 nitrogen and oxygen atoms in total. The highest BCUT2D eigenvalue weighted by molar-refractivity contribution is 14.1. The van der Waals surface area contributed by atoms with Crippen molar-refractivity contribution < 1.29 is 25.3 Å². The third-order valence-electron chi connectivity index (χ3n) is 5.93. The fourth-order valence-electron chi connectivity index (χ4n) is 3.33. The van der Waals surface area contributed by atoms with Crippen LogP contribution in [0, 0.1) is 0 Å². The average Bonchev–Trinajstić information content (AvgIpc) is 3.55. The Morgan fingerprint density at radius 2 is 1.08 bits per heavy atom. The van der Waals surface area contributed by atoms with Crippen molar-refractivity contribution in [2.45, 2.75) is 140 Å². The minimum atomic E-state index is -3.24. The van der Waals surface area contributed by atoms with E-state index in [9.17, 15) is 25.3 Å². The van der Waals surface area contributed by atoms with E-state index >= 15 is 0 Å². The van der Waals surface area contributed by atoms with E-state index in [1.165, 1.54) is 4.43 Å². The zero-order valence-corrected chi connectivity index (χ0v) is 28.2. The number of primary sulfonamides is 1. The minimum Gasteiger partial charge on any atom is -0.228 e. The Bertz CT molecular complexity index is 1000. The summed E-state index contributed by atoms with van der Waals surface area (Å²) < 4.78 is 73.4. The molecule has 4 N–H and O–H groups in total. The standard InChI is InChI=1S/C9H19NO2S.C7H15NO2S.C5H11NO2S.C2H5I/c1-5-9(6-7-9)13(11,12)10-8(2,3)4;1-7(2,3)8-11(9,10)6-4-5-6;1-2-5(3-4-5)9(6,7)8;1-2-3/h10H,5-7H2,1-4H3;6,8H,4-5H2,1-3H3;2-4H2,1H3,(H2,6,7,8);2H2,1H3. The fraction of sp³-hybridized carbons (Fsp3) is 1.00. The Morgan fingerprint density at radius 1 is 0.750 bits per heavy atom. The fourth-order valence-corrected chi connectivity index (χ4v) is 8.22. The van der Waals surface area contributed by atoms with Gasteiger partial charge in [0.1, 0.15) is 0 Å². The molecular weight excluding hydrogens is 637 g/mol. The summed E-state index contributed by atoms with van der Waals surface area (Å²) >= 11 is 2.29. The van der Waals surface area contributed by atoms with E-state index in [0.717, 1.165) is 44.9 Å². The van der Waals surface area contributed by atoms with E-state index < -0.39 is 39.6 Å². The molecule has 0 saturated heterocycles. The molecule has 0 heterocycles. The molecule has 0 aromatic rings. The van der Waals surface area contributed by atoms with Gasteiger partial charge in [-0.1, -0.05) is 43.4 Å². The Balaban J connectivity index is 0.000000490. The number of nitrogens with two attached hydrogens (primary N) is 1. The quantitative estimate of drug-likeness (QED) is 0.270. The highest BCUT2D eigenvalue weighted by Gasteiger charge is 2.53. The summed E-state index contributed by atoms with van der Waals surface area (Å²) in [6.07, 6.45) is 6.16. The second-order valence-electron chi connectivity index (χ2n) is 11.8. The van der Waals surface area contributed by atoms with Crippen LogP contribution in [0.15, 0.2) is 0 Å². The normalized spacial score (nSPS) is 20.4. The maximum absolute atomic E-state index is 11.9. The molecule has 3 saturated carbocycles. The molecule has 0 aliphatic heterocycles. The Labute approximate surface area is 235 Å². The van der Waals surface area contributed by atoms with E-state index in [1.54, 1.807) is 0 Å². The van der Waals surface area contributed by atoms with E-state index in [1.807, 2.05) is 55.4 Å². The van der Waals surface area contributed by atoms with Crippen LogP contribution in [0.25, 0.3) is 0 Å². The predicted octanol–water partition coefficient (Wildman–Crippen LogP) is 4.17. The van der Waals surface area contributed by atoms with Crippen LogP contribution in [0.4, 0.5) is 0 Å². The van der Waals surface area contributed by atoms with Gasteiger partial charge in [-0.05, 0) is 97.3 Å². The number of hydrogen-bond acceptors (Lipinski definition) is 6. The lowest BCUT2D eigenvalue weighted by Gasteiger charge is -2.24. The third-order valence-corrected chi connectivity index (χ3v) is 12.8. The van der Waals surface area contributed by atoms with E-state index in [2.05, 4.69) is 39.0 Å². The van der Waals surface area contributed by atoms with E-state index in [0.29, 0.717) is 6.42 Å². The molecular formula is C23H50IN3O6S3. The number of nitrogens with one attached hydrogen (secondary N) is 2. The van der Waals surface area contributed by atoms with Gasteiger partial charge in [0.25, 0.3) is 0 Å². The maximum atomic E-state index is 11.9. The number of alkyl halides is 1. The Morgan fingerprint density at radius 3 is 1.25 bits per heavy atom. The molecule has 0 amide bonds. The second kappa shape index (κ2) is 13.2. The first-order chi connectivity index (χ1) is 16.0. The van der Waals surface area contributed by atoms with Crippen LogP contribution in [-0.2, 0) is 30.1 Å². The Hall–Kier alpha value is 0.460. The van der Waals surface area contributed by atoms with Crippen molar-refractivity contribution in [1.82, 2.24) is 9.44 Å².